The number of rotatable bonds is 3. The van der Waals surface area contributed by atoms with Gasteiger partial charge in [0.1, 0.15) is 0 Å². The van der Waals surface area contributed by atoms with Crippen LogP contribution in [0, 0.1) is 18.6 Å². The summed E-state index contributed by atoms with van der Waals surface area (Å²) in [5.74, 6) is -1.59. The summed E-state index contributed by atoms with van der Waals surface area (Å²) in [6.07, 6.45) is 2.56. The highest BCUT2D eigenvalue weighted by atomic mass is 32.2. The number of aryl methyl sites for hydroxylation is 1. The van der Waals surface area contributed by atoms with Gasteiger partial charge in [0.2, 0.25) is 0 Å². The van der Waals surface area contributed by atoms with Gasteiger partial charge in [-0.3, -0.25) is 0 Å². The normalized spacial score (nSPS) is 17.0. The van der Waals surface area contributed by atoms with E-state index in [1.807, 2.05) is 19.1 Å². The summed E-state index contributed by atoms with van der Waals surface area (Å²) < 4.78 is 27.0. The van der Waals surface area contributed by atoms with Gasteiger partial charge in [-0.1, -0.05) is 18.2 Å². The highest BCUT2D eigenvalue weighted by Gasteiger charge is 2.24. The third kappa shape index (κ3) is 3.33. The number of fused-ring (bicyclic) bond motifs is 1. The number of halogens is 2. The largest absolute Gasteiger partial charge is 0.365 e. The van der Waals surface area contributed by atoms with Crippen molar-refractivity contribution in [2.45, 2.75) is 30.0 Å². The van der Waals surface area contributed by atoms with E-state index in [1.165, 1.54) is 12.1 Å². The quantitative estimate of drug-likeness (QED) is 0.683. The Morgan fingerprint density at radius 1 is 1.19 bits per heavy atom. The summed E-state index contributed by atoms with van der Waals surface area (Å²) in [6, 6.07) is 12.5. The van der Waals surface area contributed by atoms with Crippen molar-refractivity contribution in [3.05, 3.63) is 77.4 Å². The van der Waals surface area contributed by atoms with Crippen molar-refractivity contribution in [1.82, 2.24) is 9.97 Å². The highest BCUT2D eigenvalue weighted by Crippen LogP contribution is 2.45. The van der Waals surface area contributed by atoms with Gasteiger partial charge in [-0.15, -0.1) is 11.8 Å². The first-order valence-electron chi connectivity index (χ1n) is 8.56. The van der Waals surface area contributed by atoms with Crippen LogP contribution >= 0.6 is 11.8 Å². The summed E-state index contributed by atoms with van der Waals surface area (Å²) in [7, 11) is 0. The van der Waals surface area contributed by atoms with Crippen molar-refractivity contribution in [3.8, 4) is 0 Å². The smallest absolute Gasteiger partial charge is 0.159 e. The Morgan fingerprint density at radius 3 is 2.81 bits per heavy atom. The summed E-state index contributed by atoms with van der Waals surface area (Å²) in [4.78, 5) is 11.0. The first-order chi connectivity index (χ1) is 12.6. The van der Waals surface area contributed by atoms with Crippen molar-refractivity contribution in [2.24, 2.45) is 0 Å². The molecular weight excluding hydrogens is 352 g/mol. The predicted octanol–water partition coefficient (Wildman–Crippen LogP) is 5.24. The molecule has 1 aromatic heterocycles. The number of nitrogens with zero attached hydrogens (tertiary/aromatic N) is 2. The molecule has 1 aliphatic rings. The topological polar surface area (TPSA) is 31.9 Å². The van der Waals surface area contributed by atoms with Gasteiger partial charge in [0.25, 0.3) is 0 Å². The molecule has 0 saturated carbocycles. The van der Waals surface area contributed by atoms with Gasteiger partial charge in [-0.2, -0.15) is 0 Å². The summed E-state index contributed by atoms with van der Waals surface area (Å²) in [5.41, 5.74) is 4.07. The molecule has 0 fully saturated rings. The van der Waals surface area contributed by atoms with Crippen LogP contribution in [0.2, 0.25) is 0 Å². The van der Waals surface area contributed by atoms with Crippen LogP contribution in [0.1, 0.15) is 28.6 Å². The maximum absolute atomic E-state index is 13.7. The third-order valence-corrected chi connectivity index (χ3v) is 6.12. The minimum absolute atomic E-state index is 0.0801. The summed E-state index contributed by atoms with van der Waals surface area (Å²) in [5, 5.41) is 0.0801. The number of para-hydroxylation sites is 1. The van der Waals surface area contributed by atoms with Crippen LogP contribution in [0.25, 0.3) is 0 Å². The summed E-state index contributed by atoms with van der Waals surface area (Å²) in [6.45, 7) is 3.56. The van der Waals surface area contributed by atoms with E-state index in [2.05, 4.69) is 27.0 Å². The van der Waals surface area contributed by atoms with Crippen molar-refractivity contribution in [2.75, 3.05) is 11.4 Å². The van der Waals surface area contributed by atoms with Crippen LogP contribution in [-0.4, -0.2) is 16.5 Å². The lowest BCUT2D eigenvalue weighted by Gasteiger charge is -2.24. The molecule has 0 saturated heterocycles. The van der Waals surface area contributed by atoms with Gasteiger partial charge in [0, 0.05) is 22.4 Å². The van der Waals surface area contributed by atoms with E-state index < -0.39 is 11.6 Å². The van der Waals surface area contributed by atoms with Crippen molar-refractivity contribution in [3.63, 3.8) is 0 Å². The molecule has 0 radical (unpaired) electrons. The van der Waals surface area contributed by atoms with E-state index >= 15 is 0 Å². The summed E-state index contributed by atoms with van der Waals surface area (Å²) >= 11 is 1.71. The van der Waals surface area contributed by atoms with E-state index in [0.717, 1.165) is 47.0 Å². The number of aromatic amines is 1. The van der Waals surface area contributed by atoms with Crippen molar-refractivity contribution >= 4 is 17.4 Å². The molecule has 0 bridgehead atoms. The molecule has 4 rings (SSSR count). The molecule has 3 aromatic rings. The van der Waals surface area contributed by atoms with Crippen molar-refractivity contribution < 1.29 is 8.78 Å². The van der Waals surface area contributed by atoms with Crippen LogP contribution in [-0.2, 0) is 6.54 Å². The molecule has 2 heterocycles. The van der Waals surface area contributed by atoms with Gasteiger partial charge >= 0.3 is 0 Å². The van der Waals surface area contributed by atoms with E-state index in [1.54, 1.807) is 24.2 Å². The first-order valence-corrected chi connectivity index (χ1v) is 9.44. The maximum Gasteiger partial charge on any atom is 0.159 e. The Balaban J connectivity index is 1.65. The average molecular weight is 371 g/mol. The van der Waals surface area contributed by atoms with Crippen LogP contribution in [0.3, 0.4) is 0 Å². The van der Waals surface area contributed by atoms with Gasteiger partial charge in [-0.05, 0) is 43.2 Å². The predicted molar refractivity (Wildman–Crippen MR) is 100 cm³/mol. The van der Waals surface area contributed by atoms with E-state index in [-0.39, 0.29) is 5.25 Å². The molecule has 134 valence electrons. The van der Waals surface area contributed by atoms with E-state index in [9.17, 15) is 8.78 Å². The van der Waals surface area contributed by atoms with Gasteiger partial charge < -0.3 is 9.88 Å². The molecule has 1 unspecified atom stereocenters. The molecule has 1 aliphatic heterocycles. The van der Waals surface area contributed by atoms with Crippen LogP contribution in [0.15, 0.2) is 53.7 Å². The number of thioether (sulfide) groups is 1. The maximum atomic E-state index is 13.7. The SMILES string of the molecule is Cc1[nH]cnc1CN1CCC(c2ccc(F)c(F)c2)Sc2ccccc21. The second-order valence-electron chi connectivity index (χ2n) is 6.43. The first kappa shape index (κ1) is 17.1. The minimum atomic E-state index is -0.802. The second kappa shape index (κ2) is 7.11. The number of anilines is 1. The average Bonchev–Trinajstić information content (AvgIpc) is 2.95. The standard InChI is InChI=1S/C20H19F2N3S/c1-13-17(24-12-23-13)11-25-9-8-19(14-6-7-15(21)16(22)10-14)26-20-5-3-2-4-18(20)25/h2-7,10,12,19H,8-9,11H2,1H3,(H,23,24). The van der Waals surface area contributed by atoms with E-state index in [0.29, 0.717) is 0 Å². The molecule has 0 amide bonds. The van der Waals surface area contributed by atoms with Crippen molar-refractivity contribution in [1.29, 1.82) is 0 Å². The van der Waals surface area contributed by atoms with Crippen LogP contribution in [0.4, 0.5) is 14.5 Å². The molecule has 1 N–H and O–H groups in total. The van der Waals surface area contributed by atoms with Crippen LogP contribution in [0.5, 0.6) is 0 Å². The molecule has 2 aromatic carbocycles. The lowest BCUT2D eigenvalue weighted by atomic mass is 10.1. The molecule has 26 heavy (non-hydrogen) atoms. The fourth-order valence-corrected chi connectivity index (χ4v) is 4.55. The Hall–Kier alpha value is -2.34. The number of hydrogen-bond acceptors (Lipinski definition) is 3. The lowest BCUT2D eigenvalue weighted by Crippen LogP contribution is -2.24. The number of H-pyrrole nitrogens is 1. The Kier molecular flexibility index (Phi) is 4.68. The fourth-order valence-electron chi connectivity index (χ4n) is 3.26. The Labute approximate surface area is 155 Å². The van der Waals surface area contributed by atoms with Gasteiger partial charge in [0.15, 0.2) is 11.6 Å². The number of nitrogens with one attached hydrogen (secondary N) is 1. The van der Waals surface area contributed by atoms with Crippen LogP contribution < -0.4 is 4.90 Å². The molecule has 6 heteroatoms. The van der Waals surface area contributed by atoms with Gasteiger partial charge in [0.05, 0.1) is 24.3 Å². The lowest BCUT2D eigenvalue weighted by molar-refractivity contribution is 0.506. The monoisotopic (exact) mass is 371 g/mol. The fraction of sp³-hybridized carbons (Fsp3) is 0.250. The Bertz CT molecular complexity index is 925. The Morgan fingerprint density at radius 2 is 2.04 bits per heavy atom. The number of hydrogen-bond donors (Lipinski definition) is 1. The molecule has 0 aliphatic carbocycles. The molecular formula is C20H19F2N3S. The molecule has 1 atom stereocenters. The minimum Gasteiger partial charge on any atom is -0.365 e. The zero-order valence-electron chi connectivity index (χ0n) is 14.4. The zero-order chi connectivity index (χ0) is 18.1. The van der Waals surface area contributed by atoms with Gasteiger partial charge in [-0.25, -0.2) is 13.8 Å². The number of aromatic nitrogens is 2. The molecule has 3 nitrogen and oxygen atoms in total. The van der Waals surface area contributed by atoms with E-state index in [4.69, 9.17) is 0 Å². The number of benzene rings is 2. The highest BCUT2D eigenvalue weighted by molar-refractivity contribution is 7.99. The number of imidazole rings is 1. The third-order valence-electron chi connectivity index (χ3n) is 4.73. The second-order valence-corrected chi connectivity index (χ2v) is 7.68. The zero-order valence-corrected chi connectivity index (χ0v) is 15.2. The molecule has 0 spiro atoms.